The zero-order valence-corrected chi connectivity index (χ0v) is 34.9. The first-order valence-electron chi connectivity index (χ1n) is 17.9. The number of fused-ring (bicyclic) bond motifs is 2. The summed E-state index contributed by atoms with van der Waals surface area (Å²) in [6, 6.07) is 22.1. The fourth-order valence-electron chi connectivity index (χ4n) is 6.85. The largest absolute Gasteiger partial charge is 0.497 e. The number of halogens is 1. The Morgan fingerprint density at radius 1 is 0.586 bits per heavy atom. The van der Waals surface area contributed by atoms with E-state index < -0.39 is 11.9 Å². The predicted octanol–water partition coefficient (Wildman–Crippen LogP) is 7.13. The zero-order chi connectivity index (χ0) is 41.4. The number of aliphatic hydroxyl groups is 1. The van der Waals surface area contributed by atoms with Crippen molar-refractivity contribution >= 4 is 46.2 Å². The molecule has 0 amide bonds. The minimum Gasteiger partial charge on any atom is -0.497 e. The summed E-state index contributed by atoms with van der Waals surface area (Å²) in [6.45, 7) is 1.31. The van der Waals surface area contributed by atoms with Gasteiger partial charge in [0.1, 0.15) is 22.9 Å². The van der Waals surface area contributed by atoms with Crippen molar-refractivity contribution in [2.24, 2.45) is 0 Å². The van der Waals surface area contributed by atoms with E-state index in [1.54, 1.807) is 69.4 Å². The number of hydrogen-bond donors (Lipinski definition) is 2. The molecule has 0 radical (unpaired) electrons. The number of aromatic carboxylic acids is 1. The Morgan fingerprint density at radius 2 is 0.983 bits per heavy atom. The number of likely N-dealkylation sites (N-methyl/N-ethyl adjacent to an activating group) is 1. The third-order valence-electron chi connectivity index (χ3n) is 9.57. The Labute approximate surface area is 343 Å². The van der Waals surface area contributed by atoms with E-state index in [4.69, 9.17) is 33.2 Å². The van der Waals surface area contributed by atoms with Crippen LogP contribution in [0.25, 0.3) is 44.1 Å². The highest BCUT2D eigenvalue weighted by Gasteiger charge is 2.27. The van der Waals surface area contributed by atoms with Gasteiger partial charge in [0.25, 0.3) is 0 Å². The van der Waals surface area contributed by atoms with Crippen LogP contribution in [0.2, 0.25) is 0 Å². The number of benzene rings is 4. The minimum absolute atomic E-state index is 0. The van der Waals surface area contributed by atoms with E-state index in [0.29, 0.717) is 57.5 Å². The van der Waals surface area contributed by atoms with Crippen LogP contribution in [0.4, 0.5) is 0 Å². The lowest BCUT2D eigenvalue weighted by atomic mass is 10.0. The molecule has 6 rings (SSSR count). The highest BCUT2D eigenvalue weighted by atomic mass is 35.5. The van der Waals surface area contributed by atoms with Crippen molar-refractivity contribution in [3.05, 3.63) is 84.2 Å². The Hall–Kier alpha value is -6.09. The Morgan fingerprint density at radius 3 is 1.33 bits per heavy atom. The molecule has 0 saturated heterocycles. The van der Waals surface area contributed by atoms with E-state index in [0.717, 1.165) is 39.9 Å². The van der Waals surface area contributed by atoms with Crippen LogP contribution in [-0.2, 0) is 17.8 Å². The Kier molecular flexibility index (Phi) is 15.3. The van der Waals surface area contributed by atoms with E-state index in [1.165, 1.54) is 21.3 Å². The number of nitrogens with zero attached hydrogens (tertiary/aromatic N) is 3. The summed E-state index contributed by atoms with van der Waals surface area (Å²) in [5.41, 5.74) is 5.06. The van der Waals surface area contributed by atoms with Crippen molar-refractivity contribution < 1.29 is 53.0 Å². The molecule has 0 atom stereocenters. The van der Waals surface area contributed by atoms with Gasteiger partial charge in [0.2, 0.25) is 0 Å². The second-order valence-electron chi connectivity index (χ2n) is 13.0. The zero-order valence-electron chi connectivity index (χ0n) is 34.1. The molecule has 0 unspecified atom stereocenters. The number of carbonyl (C=O) groups is 2. The van der Waals surface area contributed by atoms with E-state index in [2.05, 4.69) is 4.90 Å². The molecule has 0 fully saturated rings. The second-order valence-corrected chi connectivity index (χ2v) is 13.0. The number of carbonyl (C=O) groups excluding carboxylic acids is 1. The quantitative estimate of drug-likeness (QED) is 0.101. The molecule has 14 nitrogen and oxygen atoms in total. The topological polar surface area (TPSA) is 152 Å². The maximum atomic E-state index is 12.9. The number of hydrogen-bond acceptors (Lipinski definition) is 11. The number of carboxylic acids is 1. The average molecular weight is 820 g/mol. The fraction of sp³-hybridized carbons (Fsp3) is 0.302. The van der Waals surface area contributed by atoms with Crippen LogP contribution >= 0.6 is 12.4 Å². The number of rotatable bonds is 15. The SMILES string of the molecule is COC(=O)c1c(-c2ccc(OC)cc2)c2cc(OC)c(OC)cc2n1CCN(C)C.COc1ccc(-c2c(C(=O)O)n(CCO)c3cc(OC)c(OC)cc23)cc1.Cl. The molecular formula is C43H50ClN3O11. The molecule has 2 heterocycles. The molecular weight excluding hydrogens is 770 g/mol. The Balaban J connectivity index is 0.000000254. The molecule has 0 aliphatic heterocycles. The first-order valence-corrected chi connectivity index (χ1v) is 17.9. The van der Waals surface area contributed by atoms with Crippen LogP contribution in [0.1, 0.15) is 21.0 Å². The van der Waals surface area contributed by atoms with Gasteiger partial charge in [0, 0.05) is 53.7 Å². The fourth-order valence-corrected chi connectivity index (χ4v) is 6.85. The standard InChI is InChI=1S/C23H28N2O5.C20H21NO6.ClH/c1-24(2)11-12-25-18-14-20(29-5)19(28-4)13-17(18)21(22(25)23(26)30-6)15-7-9-16(27-3)10-8-15;1-25-13-6-4-12(5-7-13)18-14-10-16(26-2)17(27-3)11-15(14)21(8-9-22)19(18)20(23)24;/h7-10,13-14H,11-12H2,1-6H3;4-7,10-11,22H,8-9H2,1-3H3,(H,23,24);1H. The molecule has 15 heteroatoms. The third-order valence-corrected chi connectivity index (χ3v) is 9.57. The molecule has 6 aromatic rings. The first kappa shape index (κ1) is 44.6. The average Bonchev–Trinajstić information content (AvgIpc) is 3.73. The van der Waals surface area contributed by atoms with Crippen LogP contribution in [0, 0.1) is 0 Å². The van der Waals surface area contributed by atoms with Gasteiger partial charge in [-0.3, -0.25) is 0 Å². The van der Waals surface area contributed by atoms with Crippen LogP contribution < -0.4 is 28.4 Å². The van der Waals surface area contributed by atoms with Gasteiger partial charge in [-0.1, -0.05) is 24.3 Å². The van der Waals surface area contributed by atoms with Crippen molar-refractivity contribution in [2.75, 3.05) is 77.0 Å². The number of methoxy groups -OCH3 is 7. The molecule has 0 saturated carbocycles. The number of aromatic nitrogens is 2. The molecule has 4 aromatic carbocycles. The molecule has 0 spiro atoms. The number of esters is 1. The lowest BCUT2D eigenvalue weighted by Gasteiger charge is -2.15. The highest BCUT2D eigenvalue weighted by molar-refractivity contribution is 6.10. The van der Waals surface area contributed by atoms with Gasteiger partial charge < -0.3 is 57.4 Å². The molecule has 0 aliphatic carbocycles. The normalized spacial score (nSPS) is 10.7. The van der Waals surface area contributed by atoms with Gasteiger partial charge >= 0.3 is 11.9 Å². The smallest absolute Gasteiger partial charge is 0.355 e. The van der Waals surface area contributed by atoms with E-state index in [1.807, 2.05) is 55.1 Å². The number of aliphatic hydroxyl groups excluding tert-OH is 1. The Bertz CT molecular complexity index is 2350. The van der Waals surface area contributed by atoms with Gasteiger partial charge in [-0.15, -0.1) is 12.4 Å². The minimum atomic E-state index is -1.08. The summed E-state index contributed by atoms with van der Waals surface area (Å²) in [7, 11) is 14.8. The summed E-state index contributed by atoms with van der Waals surface area (Å²) in [5.74, 6) is 2.13. The monoisotopic (exact) mass is 819 g/mol. The van der Waals surface area contributed by atoms with Crippen molar-refractivity contribution in [1.82, 2.24) is 14.0 Å². The maximum Gasteiger partial charge on any atom is 0.355 e. The third kappa shape index (κ3) is 8.89. The summed E-state index contributed by atoms with van der Waals surface area (Å²) in [6.07, 6.45) is 0. The maximum absolute atomic E-state index is 12.9. The van der Waals surface area contributed by atoms with Crippen LogP contribution in [0.5, 0.6) is 34.5 Å². The van der Waals surface area contributed by atoms with Gasteiger partial charge in [-0.2, -0.15) is 0 Å². The molecule has 310 valence electrons. The van der Waals surface area contributed by atoms with E-state index >= 15 is 0 Å². The summed E-state index contributed by atoms with van der Waals surface area (Å²) in [5, 5.41) is 21.0. The molecule has 0 aliphatic rings. The second kappa shape index (κ2) is 19.9. The van der Waals surface area contributed by atoms with Crippen molar-refractivity contribution in [1.29, 1.82) is 0 Å². The van der Waals surface area contributed by atoms with Crippen LogP contribution in [0.3, 0.4) is 0 Å². The molecule has 2 N–H and O–H groups in total. The molecule has 2 aromatic heterocycles. The first-order chi connectivity index (χ1) is 27.5. The van der Waals surface area contributed by atoms with Crippen LogP contribution in [0.15, 0.2) is 72.8 Å². The van der Waals surface area contributed by atoms with Gasteiger partial charge in [-0.25, -0.2) is 9.59 Å². The van der Waals surface area contributed by atoms with E-state index in [-0.39, 0.29) is 31.3 Å². The van der Waals surface area contributed by atoms with Crippen molar-refractivity contribution in [2.45, 2.75) is 13.1 Å². The molecule has 58 heavy (non-hydrogen) atoms. The van der Waals surface area contributed by atoms with E-state index in [9.17, 15) is 19.8 Å². The summed E-state index contributed by atoms with van der Waals surface area (Å²) in [4.78, 5) is 27.1. The number of carboxylic acid groups (broad SMARTS) is 1. The van der Waals surface area contributed by atoms with Gasteiger partial charge in [-0.05, 0) is 61.6 Å². The lowest BCUT2D eigenvalue weighted by Crippen LogP contribution is -2.21. The molecule has 0 bridgehead atoms. The van der Waals surface area contributed by atoms with Crippen LogP contribution in [-0.4, -0.2) is 113 Å². The van der Waals surface area contributed by atoms with Gasteiger partial charge in [0.05, 0.1) is 67.4 Å². The van der Waals surface area contributed by atoms with Crippen molar-refractivity contribution in [3.8, 4) is 56.8 Å². The number of ether oxygens (including phenoxy) is 7. The van der Waals surface area contributed by atoms with Crippen molar-refractivity contribution in [3.63, 3.8) is 0 Å². The summed E-state index contributed by atoms with van der Waals surface area (Å²) < 4.78 is 41.0. The summed E-state index contributed by atoms with van der Waals surface area (Å²) >= 11 is 0. The van der Waals surface area contributed by atoms with Gasteiger partial charge in [0.15, 0.2) is 23.0 Å². The lowest BCUT2D eigenvalue weighted by molar-refractivity contribution is 0.0588. The highest BCUT2D eigenvalue weighted by Crippen LogP contribution is 2.43. The predicted molar refractivity (Wildman–Crippen MR) is 225 cm³/mol.